The molecule has 0 saturated carbocycles. The second kappa shape index (κ2) is 6.79. The molecule has 1 aliphatic rings. The smallest absolute Gasteiger partial charge is 0.237 e. The first-order valence-electron chi connectivity index (χ1n) is 8.21. The van der Waals surface area contributed by atoms with Crippen molar-refractivity contribution in [2.45, 2.75) is 59.7 Å². The molecule has 0 saturated heterocycles. The van der Waals surface area contributed by atoms with Crippen LogP contribution in [0.3, 0.4) is 0 Å². The van der Waals surface area contributed by atoms with Crippen LogP contribution in [0.5, 0.6) is 11.5 Å². The summed E-state index contributed by atoms with van der Waals surface area (Å²) in [4.78, 5) is 12.2. The zero-order valence-corrected chi connectivity index (χ0v) is 14.7. The molecule has 0 aliphatic carbocycles. The maximum atomic E-state index is 12.2. The van der Waals surface area contributed by atoms with Crippen LogP contribution in [0, 0.1) is 5.41 Å². The summed E-state index contributed by atoms with van der Waals surface area (Å²) in [5.74, 6) is 1.52. The Kier molecular flexibility index (Phi) is 5.19. The van der Waals surface area contributed by atoms with Crippen molar-refractivity contribution in [2.24, 2.45) is 11.1 Å². The van der Waals surface area contributed by atoms with E-state index >= 15 is 0 Å². The number of amides is 1. The van der Waals surface area contributed by atoms with Gasteiger partial charge in [-0.2, -0.15) is 0 Å². The molecular weight excluding hydrogens is 292 g/mol. The summed E-state index contributed by atoms with van der Waals surface area (Å²) in [6.45, 7) is 10.8. The van der Waals surface area contributed by atoms with Crippen molar-refractivity contribution in [1.82, 2.24) is 5.32 Å². The molecule has 0 bridgehead atoms. The van der Waals surface area contributed by atoms with Crippen molar-refractivity contribution in [3.63, 3.8) is 0 Å². The van der Waals surface area contributed by atoms with Gasteiger partial charge in [-0.05, 0) is 31.4 Å². The Morgan fingerprint density at radius 3 is 2.78 bits per heavy atom. The highest BCUT2D eigenvalue weighted by Crippen LogP contribution is 2.35. The molecule has 0 aromatic heterocycles. The number of hydrogen-bond acceptors (Lipinski definition) is 4. The number of carbonyl (C=O) groups excluding carboxylic acids is 1. The van der Waals surface area contributed by atoms with Crippen molar-refractivity contribution in [1.29, 1.82) is 0 Å². The normalized spacial score (nSPS) is 18.1. The van der Waals surface area contributed by atoms with E-state index in [1.165, 1.54) is 0 Å². The molecule has 23 heavy (non-hydrogen) atoms. The Labute approximate surface area is 138 Å². The molecular formula is C18H28N2O3. The number of rotatable bonds is 5. The molecule has 1 aromatic carbocycles. The Bertz CT molecular complexity index is 578. The Balaban J connectivity index is 2.13. The third-order valence-corrected chi connectivity index (χ3v) is 4.05. The van der Waals surface area contributed by atoms with Crippen LogP contribution < -0.4 is 20.5 Å². The van der Waals surface area contributed by atoms with Crippen LogP contribution in [-0.2, 0) is 17.8 Å². The lowest BCUT2D eigenvalue weighted by atomic mass is 9.87. The molecule has 5 nitrogen and oxygen atoms in total. The van der Waals surface area contributed by atoms with Crippen molar-refractivity contribution >= 4 is 5.91 Å². The summed E-state index contributed by atoms with van der Waals surface area (Å²) in [7, 11) is 0. The van der Waals surface area contributed by atoms with Gasteiger partial charge in [0.05, 0.1) is 12.6 Å². The lowest BCUT2D eigenvalue weighted by Crippen LogP contribution is -2.48. The highest BCUT2D eigenvalue weighted by atomic mass is 16.5. The van der Waals surface area contributed by atoms with Crippen LogP contribution in [0.15, 0.2) is 12.1 Å². The van der Waals surface area contributed by atoms with Gasteiger partial charge in [0.1, 0.15) is 17.6 Å². The molecule has 2 rings (SSSR count). The Morgan fingerprint density at radius 2 is 2.17 bits per heavy atom. The minimum atomic E-state index is -0.552. The molecule has 3 N–H and O–H groups in total. The summed E-state index contributed by atoms with van der Waals surface area (Å²) >= 11 is 0. The van der Waals surface area contributed by atoms with Gasteiger partial charge in [0, 0.05) is 24.1 Å². The average molecular weight is 320 g/mol. The number of nitrogens with one attached hydrogen (secondary N) is 1. The van der Waals surface area contributed by atoms with Crippen LogP contribution in [0.25, 0.3) is 0 Å². The average Bonchev–Trinajstić information content (AvgIpc) is 2.82. The molecule has 128 valence electrons. The maximum Gasteiger partial charge on any atom is 0.237 e. The molecule has 1 aromatic rings. The summed E-state index contributed by atoms with van der Waals surface area (Å²) in [6.07, 6.45) is 1.07. The van der Waals surface area contributed by atoms with Crippen molar-refractivity contribution in [3.05, 3.63) is 23.3 Å². The third kappa shape index (κ3) is 4.16. The fourth-order valence-corrected chi connectivity index (χ4v) is 2.60. The third-order valence-electron chi connectivity index (χ3n) is 4.05. The lowest BCUT2D eigenvalue weighted by Gasteiger charge is -2.26. The van der Waals surface area contributed by atoms with E-state index in [0.29, 0.717) is 13.2 Å². The summed E-state index contributed by atoms with van der Waals surface area (Å²) in [6, 6.07) is 3.43. The summed E-state index contributed by atoms with van der Waals surface area (Å²) in [5, 5.41) is 2.91. The number of nitrogens with two attached hydrogens (primary N) is 1. The molecule has 0 spiro atoms. The fraction of sp³-hybridized carbons (Fsp3) is 0.611. The highest BCUT2D eigenvalue weighted by molar-refractivity contribution is 5.82. The first-order valence-corrected chi connectivity index (χ1v) is 8.21. The predicted molar refractivity (Wildman–Crippen MR) is 90.7 cm³/mol. The number of hydrogen-bond donors (Lipinski definition) is 2. The number of carbonyl (C=O) groups is 1. The van der Waals surface area contributed by atoms with Gasteiger partial charge >= 0.3 is 0 Å². The standard InChI is InChI=1S/C18H28N2O3/c1-6-22-14-8-12-7-11(2)23-15(12)9-13(14)10-20-17(21)16(19)18(3,4)5/h8-9,11,16H,6-7,10,19H2,1-5H3,(H,20,21)/t11?,16-/m1/s1. The van der Waals surface area contributed by atoms with Crippen molar-refractivity contribution in [2.75, 3.05) is 6.61 Å². The van der Waals surface area contributed by atoms with E-state index in [4.69, 9.17) is 15.2 Å². The molecule has 2 atom stereocenters. The summed E-state index contributed by atoms with van der Waals surface area (Å²) < 4.78 is 11.5. The molecule has 0 radical (unpaired) electrons. The van der Waals surface area contributed by atoms with Gasteiger partial charge in [-0.25, -0.2) is 0 Å². The van der Waals surface area contributed by atoms with Crippen molar-refractivity contribution < 1.29 is 14.3 Å². The van der Waals surface area contributed by atoms with E-state index < -0.39 is 6.04 Å². The SMILES string of the molecule is CCOc1cc2c(cc1CNC(=O)[C@@H](N)C(C)(C)C)OC(C)C2. The van der Waals surface area contributed by atoms with Gasteiger partial charge in [-0.15, -0.1) is 0 Å². The summed E-state index contributed by atoms with van der Waals surface area (Å²) in [5.41, 5.74) is 7.79. The monoisotopic (exact) mass is 320 g/mol. The van der Waals surface area contributed by atoms with E-state index in [2.05, 4.69) is 5.32 Å². The number of fused-ring (bicyclic) bond motifs is 1. The number of ether oxygens (including phenoxy) is 2. The number of benzene rings is 1. The molecule has 5 heteroatoms. The van der Waals surface area contributed by atoms with Gasteiger partial charge in [0.2, 0.25) is 5.91 Å². The minimum absolute atomic E-state index is 0.158. The molecule has 1 heterocycles. The zero-order chi connectivity index (χ0) is 17.2. The first-order chi connectivity index (χ1) is 10.7. The minimum Gasteiger partial charge on any atom is -0.494 e. The fourth-order valence-electron chi connectivity index (χ4n) is 2.60. The molecule has 1 aliphatic heterocycles. The molecule has 0 fully saturated rings. The van der Waals surface area contributed by atoms with E-state index in [1.807, 2.05) is 46.8 Å². The quantitative estimate of drug-likeness (QED) is 0.874. The van der Waals surface area contributed by atoms with Crippen LogP contribution in [0.2, 0.25) is 0 Å². The van der Waals surface area contributed by atoms with Gasteiger partial charge in [-0.1, -0.05) is 20.8 Å². The highest BCUT2D eigenvalue weighted by Gasteiger charge is 2.28. The molecule has 1 amide bonds. The lowest BCUT2D eigenvalue weighted by molar-refractivity contribution is -0.124. The van der Waals surface area contributed by atoms with Gasteiger partial charge in [0.15, 0.2) is 0 Å². The van der Waals surface area contributed by atoms with Gasteiger partial charge in [0.25, 0.3) is 0 Å². The van der Waals surface area contributed by atoms with E-state index in [1.54, 1.807) is 0 Å². The largest absolute Gasteiger partial charge is 0.494 e. The molecule has 1 unspecified atom stereocenters. The Hall–Kier alpha value is -1.75. The van der Waals surface area contributed by atoms with Crippen LogP contribution in [0.4, 0.5) is 0 Å². The predicted octanol–water partition coefficient (Wildman–Crippen LogP) is 2.40. The van der Waals surface area contributed by atoms with Crippen LogP contribution in [0.1, 0.15) is 45.7 Å². The second-order valence-electron chi connectivity index (χ2n) is 7.19. The van der Waals surface area contributed by atoms with E-state index in [9.17, 15) is 4.79 Å². The zero-order valence-electron chi connectivity index (χ0n) is 14.7. The topological polar surface area (TPSA) is 73.6 Å². The Morgan fingerprint density at radius 1 is 1.48 bits per heavy atom. The van der Waals surface area contributed by atoms with E-state index in [0.717, 1.165) is 29.0 Å². The van der Waals surface area contributed by atoms with Crippen molar-refractivity contribution in [3.8, 4) is 11.5 Å². The maximum absolute atomic E-state index is 12.2. The van der Waals surface area contributed by atoms with E-state index in [-0.39, 0.29) is 17.4 Å². The van der Waals surface area contributed by atoms with Gasteiger partial charge < -0.3 is 20.5 Å². The first kappa shape index (κ1) is 17.6. The van der Waals surface area contributed by atoms with Crippen LogP contribution in [-0.4, -0.2) is 24.7 Å². The van der Waals surface area contributed by atoms with Gasteiger partial charge in [-0.3, -0.25) is 4.79 Å². The van der Waals surface area contributed by atoms with Crippen LogP contribution >= 0.6 is 0 Å². The second-order valence-corrected chi connectivity index (χ2v) is 7.19.